The van der Waals surface area contributed by atoms with Crippen LogP contribution in [0.2, 0.25) is 0 Å². The highest BCUT2D eigenvalue weighted by atomic mass is 16.5. The second-order valence-corrected chi connectivity index (χ2v) is 5.78. The Morgan fingerprint density at radius 1 is 1.43 bits per heavy atom. The van der Waals surface area contributed by atoms with Crippen molar-refractivity contribution in [3.05, 3.63) is 29.8 Å². The molecule has 1 aliphatic rings. The Kier molecular flexibility index (Phi) is 6.05. The van der Waals surface area contributed by atoms with E-state index in [1.54, 1.807) is 0 Å². The quantitative estimate of drug-likeness (QED) is 0.735. The summed E-state index contributed by atoms with van der Waals surface area (Å²) in [6, 6.07) is 8.23. The Balaban J connectivity index is 1.78. The largest absolute Gasteiger partial charge is 0.484 e. The molecule has 4 heteroatoms. The van der Waals surface area contributed by atoms with Crippen molar-refractivity contribution in [2.24, 2.45) is 5.92 Å². The topological polar surface area (TPSA) is 50.4 Å². The van der Waals surface area contributed by atoms with Crippen LogP contribution in [0.5, 0.6) is 5.75 Å². The van der Waals surface area contributed by atoms with Crippen LogP contribution in [0, 0.1) is 5.92 Å². The van der Waals surface area contributed by atoms with Crippen LogP contribution in [0.25, 0.3) is 0 Å². The van der Waals surface area contributed by atoms with Crippen molar-refractivity contribution in [3.8, 4) is 5.75 Å². The van der Waals surface area contributed by atoms with E-state index in [9.17, 15) is 4.79 Å². The van der Waals surface area contributed by atoms with E-state index in [4.69, 9.17) is 4.74 Å². The van der Waals surface area contributed by atoms with Crippen molar-refractivity contribution in [1.82, 2.24) is 10.6 Å². The fraction of sp³-hybridized carbons (Fsp3) is 0.588. The molecule has 4 nitrogen and oxygen atoms in total. The number of rotatable bonds is 9. The molecule has 0 heterocycles. The van der Waals surface area contributed by atoms with Crippen molar-refractivity contribution in [3.63, 3.8) is 0 Å². The maximum Gasteiger partial charge on any atom is 0.257 e. The summed E-state index contributed by atoms with van der Waals surface area (Å²) in [6.07, 6.45) is 3.60. The first-order valence-electron chi connectivity index (χ1n) is 7.92. The summed E-state index contributed by atoms with van der Waals surface area (Å²) in [5, 5.41) is 6.35. The second kappa shape index (κ2) is 8.03. The third-order valence-corrected chi connectivity index (χ3v) is 3.71. The zero-order valence-corrected chi connectivity index (χ0v) is 13.0. The van der Waals surface area contributed by atoms with Crippen LogP contribution in [0.1, 0.15) is 44.7 Å². The minimum Gasteiger partial charge on any atom is -0.484 e. The predicted octanol–water partition coefficient (Wildman–Crippen LogP) is 2.65. The maximum absolute atomic E-state index is 11.7. The minimum absolute atomic E-state index is 0.0375. The Morgan fingerprint density at radius 2 is 2.24 bits per heavy atom. The molecule has 0 spiro atoms. The third-order valence-electron chi connectivity index (χ3n) is 3.71. The van der Waals surface area contributed by atoms with Gasteiger partial charge in [0.2, 0.25) is 0 Å². The van der Waals surface area contributed by atoms with Gasteiger partial charge in [-0.15, -0.1) is 0 Å². The number of hydrogen-bond acceptors (Lipinski definition) is 3. The van der Waals surface area contributed by atoms with Gasteiger partial charge in [0.05, 0.1) is 0 Å². The lowest BCUT2D eigenvalue weighted by molar-refractivity contribution is -0.123. The standard InChI is InChI=1S/C17H26N2O2/c1-3-9-18-13(2)15-5-4-6-16(10-15)21-12-17(20)19-11-14-7-8-14/h4-6,10,13-14,18H,3,7-9,11-12H2,1-2H3,(H,19,20). The summed E-state index contributed by atoms with van der Waals surface area (Å²) >= 11 is 0. The van der Waals surface area contributed by atoms with Crippen LogP contribution in [0.3, 0.4) is 0 Å². The monoisotopic (exact) mass is 290 g/mol. The zero-order valence-electron chi connectivity index (χ0n) is 13.0. The number of benzene rings is 1. The van der Waals surface area contributed by atoms with Crippen LogP contribution in [-0.2, 0) is 4.79 Å². The Morgan fingerprint density at radius 3 is 2.95 bits per heavy atom. The Labute approximate surface area is 127 Å². The van der Waals surface area contributed by atoms with Crippen LogP contribution in [0.15, 0.2) is 24.3 Å². The molecule has 1 amide bonds. The fourth-order valence-corrected chi connectivity index (χ4v) is 2.13. The second-order valence-electron chi connectivity index (χ2n) is 5.78. The van der Waals surface area contributed by atoms with E-state index in [-0.39, 0.29) is 18.6 Å². The molecule has 1 unspecified atom stereocenters. The number of hydrogen-bond donors (Lipinski definition) is 2. The van der Waals surface area contributed by atoms with Crippen LogP contribution in [0.4, 0.5) is 0 Å². The lowest BCUT2D eigenvalue weighted by Crippen LogP contribution is -2.30. The average Bonchev–Trinajstić information content (AvgIpc) is 3.33. The molecule has 1 saturated carbocycles. The minimum atomic E-state index is -0.0375. The number of nitrogens with one attached hydrogen (secondary N) is 2. The molecule has 1 fully saturated rings. The van der Waals surface area contributed by atoms with E-state index in [2.05, 4.69) is 30.5 Å². The average molecular weight is 290 g/mol. The van der Waals surface area contributed by atoms with Crippen molar-refractivity contribution >= 4 is 5.91 Å². The van der Waals surface area contributed by atoms with Crippen molar-refractivity contribution < 1.29 is 9.53 Å². The van der Waals surface area contributed by atoms with Gasteiger partial charge < -0.3 is 15.4 Å². The van der Waals surface area contributed by atoms with Gasteiger partial charge in [0, 0.05) is 12.6 Å². The molecule has 1 aromatic carbocycles. The van der Waals surface area contributed by atoms with E-state index in [1.807, 2.05) is 18.2 Å². The normalized spacial score (nSPS) is 15.5. The van der Waals surface area contributed by atoms with Gasteiger partial charge in [-0.05, 0) is 56.3 Å². The van der Waals surface area contributed by atoms with Gasteiger partial charge in [0.15, 0.2) is 6.61 Å². The lowest BCUT2D eigenvalue weighted by atomic mass is 10.1. The molecule has 0 saturated heterocycles. The van der Waals surface area contributed by atoms with Crippen LogP contribution >= 0.6 is 0 Å². The van der Waals surface area contributed by atoms with Gasteiger partial charge in [0.25, 0.3) is 5.91 Å². The summed E-state index contributed by atoms with van der Waals surface area (Å²) in [7, 11) is 0. The first kappa shape index (κ1) is 15.8. The Hall–Kier alpha value is -1.55. The predicted molar refractivity (Wildman–Crippen MR) is 84.4 cm³/mol. The number of ether oxygens (including phenoxy) is 1. The molecule has 1 atom stereocenters. The molecule has 2 N–H and O–H groups in total. The Bertz CT molecular complexity index is 458. The highest BCUT2D eigenvalue weighted by Crippen LogP contribution is 2.27. The molecular formula is C17H26N2O2. The highest BCUT2D eigenvalue weighted by Gasteiger charge is 2.21. The molecule has 0 radical (unpaired) electrons. The summed E-state index contributed by atoms with van der Waals surface area (Å²) in [5.41, 5.74) is 1.18. The summed E-state index contributed by atoms with van der Waals surface area (Å²) in [6.45, 7) is 6.17. The van der Waals surface area contributed by atoms with E-state index in [0.717, 1.165) is 25.3 Å². The van der Waals surface area contributed by atoms with Gasteiger partial charge in [-0.1, -0.05) is 19.1 Å². The molecule has 0 aromatic heterocycles. The number of carbonyl (C=O) groups excluding carboxylic acids is 1. The molecule has 1 aromatic rings. The molecule has 1 aliphatic carbocycles. The van der Waals surface area contributed by atoms with Crippen molar-refractivity contribution in [2.75, 3.05) is 19.7 Å². The molecule has 0 bridgehead atoms. The first-order valence-corrected chi connectivity index (χ1v) is 7.92. The van der Waals surface area contributed by atoms with Crippen molar-refractivity contribution in [2.45, 2.75) is 39.2 Å². The highest BCUT2D eigenvalue weighted by molar-refractivity contribution is 5.77. The number of amides is 1. The SMILES string of the molecule is CCCNC(C)c1cccc(OCC(=O)NCC2CC2)c1. The van der Waals surface area contributed by atoms with Gasteiger partial charge in [-0.3, -0.25) is 4.79 Å². The molecular weight excluding hydrogens is 264 g/mol. The smallest absolute Gasteiger partial charge is 0.257 e. The van der Waals surface area contributed by atoms with Gasteiger partial charge in [0.1, 0.15) is 5.75 Å². The van der Waals surface area contributed by atoms with E-state index in [1.165, 1.54) is 18.4 Å². The van der Waals surface area contributed by atoms with E-state index < -0.39 is 0 Å². The van der Waals surface area contributed by atoms with Gasteiger partial charge in [-0.2, -0.15) is 0 Å². The lowest BCUT2D eigenvalue weighted by Gasteiger charge is -2.15. The van der Waals surface area contributed by atoms with Crippen LogP contribution < -0.4 is 15.4 Å². The van der Waals surface area contributed by atoms with E-state index >= 15 is 0 Å². The van der Waals surface area contributed by atoms with Crippen LogP contribution in [-0.4, -0.2) is 25.6 Å². The van der Waals surface area contributed by atoms with Gasteiger partial charge in [-0.25, -0.2) is 0 Å². The van der Waals surface area contributed by atoms with E-state index in [0.29, 0.717) is 5.92 Å². The summed E-state index contributed by atoms with van der Waals surface area (Å²) in [5.74, 6) is 1.41. The summed E-state index contributed by atoms with van der Waals surface area (Å²) in [4.78, 5) is 11.7. The zero-order chi connectivity index (χ0) is 15.1. The number of carbonyl (C=O) groups is 1. The molecule has 0 aliphatic heterocycles. The fourth-order valence-electron chi connectivity index (χ4n) is 2.13. The first-order chi connectivity index (χ1) is 10.2. The summed E-state index contributed by atoms with van der Waals surface area (Å²) < 4.78 is 5.58. The molecule has 21 heavy (non-hydrogen) atoms. The molecule has 116 valence electrons. The molecule has 2 rings (SSSR count). The van der Waals surface area contributed by atoms with Crippen molar-refractivity contribution in [1.29, 1.82) is 0 Å². The third kappa shape index (κ3) is 5.76. The maximum atomic E-state index is 11.7. The van der Waals surface area contributed by atoms with Gasteiger partial charge >= 0.3 is 0 Å².